The van der Waals surface area contributed by atoms with Crippen molar-refractivity contribution in [2.75, 3.05) is 24.6 Å². The molecule has 2 aliphatic rings. The zero-order valence-corrected chi connectivity index (χ0v) is 16.2. The van der Waals surface area contributed by atoms with E-state index in [4.69, 9.17) is 0 Å². The van der Waals surface area contributed by atoms with E-state index in [1.54, 1.807) is 10.9 Å². The second-order valence-electron chi connectivity index (χ2n) is 7.80. The third kappa shape index (κ3) is 3.89. The first kappa shape index (κ1) is 18.4. The molecule has 0 spiro atoms. The maximum atomic E-state index is 13.1. The normalized spacial score (nSPS) is 29.3. The van der Waals surface area contributed by atoms with E-state index >= 15 is 0 Å². The van der Waals surface area contributed by atoms with Gasteiger partial charge in [-0.1, -0.05) is 13.8 Å². The van der Waals surface area contributed by atoms with Crippen molar-refractivity contribution in [3.05, 3.63) is 17.5 Å². The number of carbonyl (C=O) groups excluding carboxylic acids is 1. The molecule has 1 aromatic heterocycles. The van der Waals surface area contributed by atoms with E-state index in [2.05, 4.69) is 24.3 Å². The van der Waals surface area contributed by atoms with E-state index < -0.39 is 9.84 Å². The third-order valence-corrected chi connectivity index (χ3v) is 6.72. The number of nitrogens with zero attached hydrogens (tertiary/aromatic N) is 3. The molecule has 3 rings (SSSR count). The van der Waals surface area contributed by atoms with Gasteiger partial charge in [0, 0.05) is 31.4 Å². The summed E-state index contributed by atoms with van der Waals surface area (Å²) in [7, 11) is -2.99. The topological polar surface area (TPSA) is 84.3 Å². The molecule has 2 aliphatic heterocycles. The highest BCUT2D eigenvalue weighted by Crippen LogP contribution is 2.27. The lowest BCUT2D eigenvalue weighted by molar-refractivity contribution is 0.0672. The van der Waals surface area contributed by atoms with Crippen LogP contribution in [0.4, 0.5) is 0 Å². The van der Waals surface area contributed by atoms with Gasteiger partial charge < -0.3 is 10.2 Å². The predicted molar refractivity (Wildman–Crippen MR) is 96.6 cm³/mol. The molecular formula is C17H28N4O3S. The van der Waals surface area contributed by atoms with Gasteiger partial charge in [0.1, 0.15) is 0 Å². The number of hydrogen-bond acceptors (Lipinski definition) is 5. The van der Waals surface area contributed by atoms with E-state index in [9.17, 15) is 13.2 Å². The standard InChI is InChI=1S/C17H28N4O3S/c1-11(2)16-15(17(22)20-7-12(3)18-13(4)8-20)9-21(19-16)14-5-6-25(23,24)10-14/h9,11-14,18H,5-8,10H2,1-4H3/t12-,13+,14-/m1/s1. The first-order chi connectivity index (χ1) is 11.7. The highest BCUT2D eigenvalue weighted by atomic mass is 32.2. The highest BCUT2D eigenvalue weighted by Gasteiger charge is 2.33. The quantitative estimate of drug-likeness (QED) is 0.866. The van der Waals surface area contributed by atoms with Crippen molar-refractivity contribution in [2.45, 2.75) is 58.2 Å². The fraction of sp³-hybridized carbons (Fsp3) is 0.765. The lowest BCUT2D eigenvalue weighted by atomic mass is 10.0. The molecule has 140 valence electrons. The Morgan fingerprint density at radius 3 is 2.44 bits per heavy atom. The van der Waals surface area contributed by atoms with Crippen LogP contribution < -0.4 is 5.32 Å². The van der Waals surface area contributed by atoms with Gasteiger partial charge >= 0.3 is 0 Å². The van der Waals surface area contributed by atoms with Gasteiger partial charge in [0.2, 0.25) is 0 Å². The molecular weight excluding hydrogens is 340 g/mol. The van der Waals surface area contributed by atoms with Crippen LogP contribution in [-0.4, -0.2) is 65.7 Å². The van der Waals surface area contributed by atoms with Crippen LogP contribution in [0.25, 0.3) is 0 Å². The third-order valence-electron chi connectivity index (χ3n) is 4.97. The Bertz CT molecular complexity index is 746. The van der Waals surface area contributed by atoms with Crippen LogP contribution in [0.1, 0.15) is 62.1 Å². The fourth-order valence-electron chi connectivity index (χ4n) is 3.83. The minimum atomic E-state index is -2.99. The molecule has 0 saturated carbocycles. The number of nitrogens with one attached hydrogen (secondary N) is 1. The molecule has 1 N–H and O–H groups in total. The first-order valence-electron chi connectivity index (χ1n) is 9.01. The zero-order valence-electron chi connectivity index (χ0n) is 15.4. The smallest absolute Gasteiger partial charge is 0.257 e. The number of rotatable bonds is 3. The van der Waals surface area contributed by atoms with Gasteiger partial charge in [-0.3, -0.25) is 9.48 Å². The SMILES string of the molecule is CC(C)c1nn([C@@H]2CCS(=O)(=O)C2)cc1C(=O)N1C[C@@H](C)N[C@@H](C)C1. The monoisotopic (exact) mass is 368 g/mol. The molecule has 8 heteroatoms. The summed E-state index contributed by atoms with van der Waals surface area (Å²) >= 11 is 0. The molecule has 0 bridgehead atoms. The summed E-state index contributed by atoms with van der Waals surface area (Å²) in [5.41, 5.74) is 1.37. The molecule has 3 atom stereocenters. The van der Waals surface area contributed by atoms with Crippen molar-refractivity contribution in [2.24, 2.45) is 0 Å². The largest absolute Gasteiger partial charge is 0.335 e. The molecule has 1 amide bonds. The predicted octanol–water partition coefficient (Wildman–Crippen LogP) is 1.19. The molecule has 3 heterocycles. The maximum Gasteiger partial charge on any atom is 0.257 e. The Kier molecular flexibility index (Phi) is 4.94. The van der Waals surface area contributed by atoms with Crippen molar-refractivity contribution in [3.63, 3.8) is 0 Å². The average Bonchev–Trinajstić information content (AvgIpc) is 3.09. The van der Waals surface area contributed by atoms with E-state index in [1.807, 2.05) is 18.7 Å². The molecule has 1 aromatic rings. The second-order valence-corrected chi connectivity index (χ2v) is 10.0. The van der Waals surface area contributed by atoms with Gasteiger partial charge in [0.25, 0.3) is 5.91 Å². The van der Waals surface area contributed by atoms with Gasteiger partial charge in [-0.25, -0.2) is 8.42 Å². The van der Waals surface area contributed by atoms with Gasteiger partial charge in [-0.2, -0.15) is 5.10 Å². The van der Waals surface area contributed by atoms with Crippen LogP contribution in [-0.2, 0) is 9.84 Å². The second kappa shape index (κ2) is 6.72. The molecule has 7 nitrogen and oxygen atoms in total. The highest BCUT2D eigenvalue weighted by molar-refractivity contribution is 7.91. The van der Waals surface area contributed by atoms with Crippen LogP contribution in [0.3, 0.4) is 0 Å². The van der Waals surface area contributed by atoms with Crippen molar-refractivity contribution in [1.29, 1.82) is 0 Å². The van der Waals surface area contributed by atoms with Gasteiger partial charge in [0.15, 0.2) is 9.84 Å². The van der Waals surface area contributed by atoms with Crippen LogP contribution in [0, 0.1) is 0 Å². The Hall–Kier alpha value is -1.41. The van der Waals surface area contributed by atoms with Crippen molar-refractivity contribution in [3.8, 4) is 0 Å². The molecule has 0 unspecified atom stereocenters. The molecule has 2 fully saturated rings. The number of hydrogen-bond donors (Lipinski definition) is 1. The molecule has 25 heavy (non-hydrogen) atoms. The molecule has 0 aromatic carbocycles. The number of aromatic nitrogens is 2. The van der Waals surface area contributed by atoms with E-state index in [0.717, 1.165) is 5.69 Å². The first-order valence-corrected chi connectivity index (χ1v) is 10.8. The number of sulfone groups is 1. The van der Waals surface area contributed by atoms with Crippen LogP contribution in [0.5, 0.6) is 0 Å². The van der Waals surface area contributed by atoms with Gasteiger partial charge in [-0.15, -0.1) is 0 Å². The number of carbonyl (C=O) groups is 1. The van der Waals surface area contributed by atoms with Gasteiger partial charge in [-0.05, 0) is 26.2 Å². The maximum absolute atomic E-state index is 13.1. The lowest BCUT2D eigenvalue weighted by Crippen LogP contribution is -2.55. The van der Waals surface area contributed by atoms with Gasteiger partial charge in [0.05, 0.1) is 28.8 Å². The Balaban J connectivity index is 1.88. The summed E-state index contributed by atoms with van der Waals surface area (Å²) in [6.45, 7) is 9.52. The van der Waals surface area contributed by atoms with E-state index in [0.29, 0.717) is 25.1 Å². The molecule has 2 saturated heterocycles. The minimum Gasteiger partial charge on any atom is -0.335 e. The van der Waals surface area contributed by atoms with Crippen molar-refractivity contribution in [1.82, 2.24) is 20.0 Å². The summed E-state index contributed by atoms with van der Waals surface area (Å²) in [4.78, 5) is 15.0. The summed E-state index contributed by atoms with van der Waals surface area (Å²) in [5, 5.41) is 8.03. The van der Waals surface area contributed by atoms with E-state index in [-0.39, 0.29) is 41.5 Å². The zero-order chi connectivity index (χ0) is 18.4. The minimum absolute atomic E-state index is 0.00370. The van der Waals surface area contributed by atoms with Crippen molar-refractivity contribution < 1.29 is 13.2 Å². The average molecular weight is 369 g/mol. The Morgan fingerprint density at radius 2 is 1.92 bits per heavy atom. The van der Waals surface area contributed by atoms with Crippen molar-refractivity contribution >= 4 is 15.7 Å². The Morgan fingerprint density at radius 1 is 1.28 bits per heavy atom. The summed E-state index contributed by atoms with van der Waals surface area (Å²) in [6.07, 6.45) is 2.33. The summed E-state index contributed by atoms with van der Waals surface area (Å²) < 4.78 is 25.3. The summed E-state index contributed by atoms with van der Waals surface area (Å²) in [6, 6.07) is 0.348. The van der Waals surface area contributed by atoms with Crippen LogP contribution in [0.15, 0.2) is 6.20 Å². The number of piperazine rings is 1. The van der Waals surface area contributed by atoms with Crippen LogP contribution >= 0.6 is 0 Å². The number of amides is 1. The van der Waals surface area contributed by atoms with Crippen LogP contribution in [0.2, 0.25) is 0 Å². The fourth-order valence-corrected chi connectivity index (χ4v) is 5.53. The molecule has 0 aliphatic carbocycles. The molecule has 0 radical (unpaired) electrons. The summed E-state index contributed by atoms with van der Waals surface area (Å²) in [5.74, 6) is 0.415. The van der Waals surface area contributed by atoms with E-state index in [1.165, 1.54) is 0 Å². The lowest BCUT2D eigenvalue weighted by Gasteiger charge is -2.36. The Labute approximate surface area is 149 Å².